The molecule has 16 heavy (non-hydrogen) atoms. The third-order valence-electron chi connectivity index (χ3n) is 2.15. The second-order valence-electron chi connectivity index (χ2n) is 3.29. The number of methoxy groups -OCH3 is 2. The third-order valence-corrected chi connectivity index (χ3v) is 2.15. The molecule has 0 radical (unpaired) electrons. The van der Waals surface area contributed by atoms with E-state index in [0.717, 1.165) is 5.56 Å². The Kier molecular flexibility index (Phi) is 4.41. The molecule has 0 heterocycles. The van der Waals surface area contributed by atoms with Crippen LogP contribution in [-0.4, -0.2) is 20.0 Å². The quantitative estimate of drug-likeness (QED) is 0.707. The maximum Gasteiger partial charge on any atom is 0.161 e. The summed E-state index contributed by atoms with van der Waals surface area (Å²) in [6.07, 6.45) is 5.55. The minimum Gasteiger partial charge on any atom is -0.493 e. The fourth-order valence-electron chi connectivity index (χ4n) is 1.39. The van der Waals surface area contributed by atoms with E-state index in [1.165, 1.54) is 0 Å². The predicted molar refractivity (Wildman–Crippen MR) is 61.7 cm³/mol. The molecule has 0 saturated heterocycles. The highest BCUT2D eigenvalue weighted by atomic mass is 16.5. The van der Waals surface area contributed by atoms with Crippen molar-refractivity contribution in [3.8, 4) is 23.8 Å². The first kappa shape index (κ1) is 12.1. The second-order valence-corrected chi connectivity index (χ2v) is 3.29. The third kappa shape index (κ3) is 3.03. The van der Waals surface area contributed by atoms with E-state index in [2.05, 4.69) is 5.92 Å². The van der Waals surface area contributed by atoms with Crippen LogP contribution in [0.4, 0.5) is 0 Å². The van der Waals surface area contributed by atoms with Gasteiger partial charge in [-0.25, -0.2) is 0 Å². The number of hydrogen-bond donors (Lipinski definition) is 0. The molecule has 84 valence electrons. The number of ether oxygens (including phenoxy) is 2. The molecular weight excluding hydrogens is 204 g/mol. The molecule has 0 amide bonds. The number of rotatable bonds is 5. The molecule has 0 aliphatic rings. The number of Topliss-reactive ketones (excluding diaryl/α,β-unsaturated/α-hetero) is 1. The number of ketones is 1. The van der Waals surface area contributed by atoms with Gasteiger partial charge in [0.15, 0.2) is 11.5 Å². The van der Waals surface area contributed by atoms with Gasteiger partial charge in [0.05, 0.1) is 20.6 Å². The maximum absolute atomic E-state index is 11.4. The first-order valence-electron chi connectivity index (χ1n) is 4.87. The number of carbonyl (C=O) groups excluding carboxylic acids is 1. The summed E-state index contributed by atoms with van der Waals surface area (Å²) in [6, 6.07) is 5.39. The lowest BCUT2D eigenvalue weighted by Crippen LogP contribution is -2.01. The van der Waals surface area contributed by atoms with Gasteiger partial charge in [0.25, 0.3) is 0 Å². The van der Waals surface area contributed by atoms with Crippen LogP contribution in [0.25, 0.3) is 0 Å². The molecule has 0 N–H and O–H groups in total. The normalized spacial score (nSPS) is 9.31. The first-order chi connectivity index (χ1) is 7.71. The van der Waals surface area contributed by atoms with Gasteiger partial charge in [-0.05, 0) is 17.7 Å². The summed E-state index contributed by atoms with van der Waals surface area (Å²) in [5.41, 5.74) is 0.873. The van der Waals surface area contributed by atoms with Crippen LogP contribution < -0.4 is 9.47 Å². The smallest absolute Gasteiger partial charge is 0.161 e. The van der Waals surface area contributed by atoms with Crippen molar-refractivity contribution in [2.24, 2.45) is 0 Å². The zero-order valence-corrected chi connectivity index (χ0v) is 9.45. The highest BCUT2D eigenvalue weighted by Crippen LogP contribution is 2.27. The molecule has 1 aromatic carbocycles. The summed E-state index contributed by atoms with van der Waals surface area (Å²) >= 11 is 0. The topological polar surface area (TPSA) is 35.5 Å². The number of hydrogen-bond acceptors (Lipinski definition) is 3. The molecule has 1 rings (SSSR count). The molecule has 0 aliphatic carbocycles. The average molecular weight is 218 g/mol. The Morgan fingerprint density at radius 2 is 2.00 bits per heavy atom. The van der Waals surface area contributed by atoms with Crippen LogP contribution in [0.15, 0.2) is 18.2 Å². The predicted octanol–water partition coefficient (Wildman–Crippen LogP) is 1.84. The van der Waals surface area contributed by atoms with Crippen molar-refractivity contribution in [3.05, 3.63) is 23.8 Å². The van der Waals surface area contributed by atoms with Gasteiger partial charge in [-0.1, -0.05) is 12.0 Å². The van der Waals surface area contributed by atoms with Crippen molar-refractivity contribution in [2.45, 2.75) is 12.8 Å². The van der Waals surface area contributed by atoms with E-state index in [0.29, 0.717) is 17.9 Å². The minimum absolute atomic E-state index is 0.0229. The molecule has 0 spiro atoms. The van der Waals surface area contributed by atoms with Crippen LogP contribution >= 0.6 is 0 Å². The Labute approximate surface area is 95.4 Å². The van der Waals surface area contributed by atoms with Gasteiger partial charge >= 0.3 is 0 Å². The Balaban J connectivity index is 2.83. The summed E-state index contributed by atoms with van der Waals surface area (Å²) in [5, 5.41) is 0. The van der Waals surface area contributed by atoms with Crippen LogP contribution in [0.2, 0.25) is 0 Å². The van der Waals surface area contributed by atoms with E-state index in [1.807, 2.05) is 6.07 Å². The highest BCUT2D eigenvalue weighted by Gasteiger charge is 2.07. The molecule has 3 heteroatoms. The van der Waals surface area contributed by atoms with Crippen molar-refractivity contribution < 1.29 is 14.3 Å². The Hall–Kier alpha value is -1.95. The summed E-state index contributed by atoms with van der Waals surface area (Å²) in [4.78, 5) is 11.4. The summed E-state index contributed by atoms with van der Waals surface area (Å²) in [5.74, 6) is 3.62. The van der Waals surface area contributed by atoms with Crippen molar-refractivity contribution in [2.75, 3.05) is 14.2 Å². The molecule has 3 nitrogen and oxygen atoms in total. The standard InChI is InChI=1S/C13H14O3/c1-4-5-11(14)8-10-6-7-12(15-2)13(9-10)16-3/h1,6-7,9H,5,8H2,2-3H3. The zero-order valence-electron chi connectivity index (χ0n) is 9.45. The van der Waals surface area contributed by atoms with Gasteiger partial charge in [-0.15, -0.1) is 6.42 Å². The monoisotopic (exact) mass is 218 g/mol. The van der Waals surface area contributed by atoms with Crippen molar-refractivity contribution in [1.82, 2.24) is 0 Å². The van der Waals surface area contributed by atoms with E-state index in [9.17, 15) is 4.79 Å². The molecule has 0 fully saturated rings. The average Bonchev–Trinajstić information content (AvgIpc) is 2.29. The minimum atomic E-state index is 0.0229. The molecule has 0 saturated carbocycles. The zero-order chi connectivity index (χ0) is 12.0. The van der Waals surface area contributed by atoms with Gasteiger partial charge < -0.3 is 9.47 Å². The Morgan fingerprint density at radius 1 is 1.31 bits per heavy atom. The second kappa shape index (κ2) is 5.82. The first-order valence-corrected chi connectivity index (χ1v) is 4.87. The van der Waals surface area contributed by atoms with E-state index >= 15 is 0 Å². The fraction of sp³-hybridized carbons (Fsp3) is 0.308. The number of terminal acetylenes is 1. The van der Waals surface area contributed by atoms with Gasteiger partial charge in [-0.2, -0.15) is 0 Å². The number of carbonyl (C=O) groups is 1. The molecule has 0 atom stereocenters. The van der Waals surface area contributed by atoms with Gasteiger partial charge in [-0.3, -0.25) is 4.79 Å². The molecule has 0 unspecified atom stereocenters. The van der Waals surface area contributed by atoms with E-state index in [1.54, 1.807) is 26.4 Å². The van der Waals surface area contributed by atoms with Gasteiger partial charge in [0, 0.05) is 6.42 Å². The lowest BCUT2D eigenvalue weighted by Gasteiger charge is -2.08. The van der Waals surface area contributed by atoms with Crippen molar-refractivity contribution in [1.29, 1.82) is 0 Å². The largest absolute Gasteiger partial charge is 0.493 e. The fourth-order valence-corrected chi connectivity index (χ4v) is 1.39. The highest BCUT2D eigenvalue weighted by molar-refractivity contribution is 5.83. The van der Waals surface area contributed by atoms with E-state index in [4.69, 9.17) is 15.9 Å². The Bertz CT molecular complexity index is 416. The van der Waals surface area contributed by atoms with Gasteiger partial charge in [0.2, 0.25) is 0 Å². The van der Waals surface area contributed by atoms with Crippen LogP contribution in [0.1, 0.15) is 12.0 Å². The summed E-state index contributed by atoms with van der Waals surface area (Å²) in [7, 11) is 3.13. The molecule has 0 bridgehead atoms. The lowest BCUT2D eigenvalue weighted by atomic mass is 10.1. The molecule has 0 aromatic heterocycles. The van der Waals surface area contributed by atoms with E-state index in [-0.39, 0.29) is 12.2 Å². The summed E-state index contributed by atoms with van der Waals surface area (Å²) in [6.45, 7) is 0. The van der Waals surface area contributed by atoms with Crippen molar-refractivity contribution in [3.63, 3.8) is 0 Å². The molecular formula is C13H14O3. The van der Waals surface area contributed by atoms with Crippen molar-refractivity contribution >= 4 is 5.78 Å². The maximum atomic E-state index is 11.4. The lowest BCUT2D eigenvalue weighted by molar-refractivity contribution is -0.117. The SMILES string of the molecule is C#CCC(=O)Cc1ccc(OC)c(OC)c1. The van der Waals surface area contributed by atoms with E-state index < -0.39 is 0 Å². The van der Waals surface area contributed by atoms with Crippen LogP contribution in [-0.2, 0) is 11.2 Å². The van der Waals surface area contributed by atoms with Crippen LogP contribution in [0.3, 0.4) is 0 Å². The van der Waals surface area contributed by atoms with Gasteiger partial charge in [0.1, 0.15) is 5.78 Å². The summed E-state index contributed by atoms with van der Waals surface area (Å²) < 4.78 is 10.2. The molecule has 1 aromatic rings. The Morgan fingerprint density at radius 3 is 2.56 bits per heavy atom. The van der Waals surface area contributed by atoms with Crippen LogP contribution in [0.5, 0.6) is 11.5 Å². The number of benzene rings is 1. The van der Waals surface area contributed by atoms with Crippen LogP contribution in [0, 0.1) is 12.3 Å². The molecule has 0 aliphatic heterocycles.